The summed E-state index contributed by atoms with van der Waals surface area (Å²) < 4.78 is 7.75. The van der Waals surface area contributed by atoms with E-state index in [-0.39, 0.29) is 12.1 Å². The van der Waals surface area contributed by atoms with Crippen LogP contribution in [0.2, 0.25) is 0 Å². The number of rotatable bonds is 4. The zero-order valence-electron chi connectivity index (χ0n) is 9.89. The maximum absolute atomic E-state index is 5.73. The number of ether oxygens (including phenoxy) is 1. The van der Waals surface area contributed by atoms with Gasteiger partial charge in [0, 0.05) is 32.5 Å². The Kier molecular flexibility index (Phi) is 3.58. The van der Waals surface area contributed by atoms with E-state index in [4.69, 9.17) is 10.6 Å². The Labute approximate surface area is 96.0 Å². The van der Waals surface area contributed by atoms with E-state index in [0.717, 1.165) is 25.3 Å². The molecule has 5 heteroatoms. The third kappa shape index (κ3) is 2.26. The van der Waals surface area contributed by atoms with Crippen molar-refractivity contribution in [1.82, 2.24) is 15.0 Å². The maximum atomic E-state index is 5.73. The minimum atomic E-state index is 0.138. The second-order valence-electron chi connectivity index (χ2n) is 4.53. The molecule has 1 aromatic heterocycles. The minimum absolute atomic E-state index is 0.138. The number of aryl methyl sites for hydroxylation is 1. The van der Waals surface area contributed by atoms with Crippen LogP contribution in [0.1, 0.15) is 19.2 Å². The summed E-state index contributed by atoms with van der Waals surface area (Å²) in [5, 5.41) is 0. The summed E-state index contributed by atoms with van der Waals surface area (Å²) in [4.78, 5) is 4.31. The Balaban J connectivity index is 2.03. The molecular weight excluding hydrogens is 204 g/mol. The van der Waals surface area contributed by atoms with Crippen molar-refractivity contribution in [3.05, 3.63) is 18.2 Å². The molecule has 0 aromatic carbocycles. The number of hydrogen-bond acceptors (Lipinski definition) is 4. The molecule has 0 spiro atoms. The molecule has 1 fully saturated rings. The lowest BCUT2D eigenvalue weighted by Gasteiger charge is -2.25. The van der Waals surface area contributed by atoms with E-state index in [1.807, 2.05) is 24.0 Å². The van der Waals surface area contributed by atoms with E-state index in [1.165, 1.54) is 0 Å². The van der Waals surface area contributed by atoms with E-state index >= 15 is 0 Å². The molecule has 1 saturated heterocycles. The molecule has 1 aromatic rings. The number of nitrogens with zero attached hydrogens (tertiary/aromatic N) is 2. The molecule has 0 radical (unpaired) electrons. The molecule has 3 unspecified atom stereocenters. The molecule has 16 heavy (non-hydrogen) atoms. The molecule has 2 heterocycles. The van der Waals surface area contributed by atoms with Gasteiger partial charge in [0.25, 0.3) is 0 Å². The molecule has 3 atom stereocenters. The Bertz CT molecular complexity index is 338. The van der Waals surface area contributed by atoms with Crippen LogP contribution in [0.25, 0.3) is 0 Å². The highest BCUT2D eigenvalue weighted by molar-refractivity contribution is 4.97. The SMILES string of the molecule is CC1CCOC1C(Cc1nccn1C)NN. The fraction of sp³-hybridized carbons (Fsp3) is 0.727. The van der Waals surface area contributed by atoms with E-state index in [2.05, 4.69) is 17.3 Å². The first-order valence-electron chi connectivity index (χ1n) is 5.76. The number of aromatic nitrogens is 2. The summed E-state index contributed by atoms with van der Waals surface area (Å²) in [7, 11) is 1.99. The first kappa shape index (κ1) is 11.6. The van der Waals surface area contributed by atoms with Gasteiger partial charge in [-0.3, -0.25) is 11.3 Å². The zero-order chi connectivity index (χ0) is 11.5. The highest BCUT2D eigenvalue weighted by Crippen LogP contribution is 2.24. The molecule has 0 bridgehead atoms. The largest absolute Gasteiger partial charge is 0.376 e. The number of nitrogens with one attached hydrogen (secondary N) is 1. The molecule has 2 rings (SSSR count). The molecule has 5 nitrogen and oxygen atoms in total. The molecular formula is C11H20N4O. The van der Waals surface area contributed by atoms with Crippen molar-refractivity contribution in [2.24, 2.45) is 18.8 Å². The normalized spacial score (nSPS) is 27.2. The van der Waals surface area contributed by atoms with E-state index in [9.17, 15) is 0 Å². The predicted molar refractivity (Wildman–Crippen MR) is 61.5 cm³/mol. The van der Waals surface area contributed by atoms with Gasteiger partial charge in [-0.1, -0.05) is 6.92 Å². The second kappa shape index (κ2) is 4.95. The predicted octanol–water partition coefficient (Wildman–Crippen LogP) is 0.220. The quantitative estimate of drug-likeness (QED) is 0.567. The topological polar surface area (TPSA) is 65.1 Å². The molecule has 1 aliphatic rings. The Morgan fingerprint density at radius 3 is 3.06 bits per heavy atom. The number of nitrogens with two attached hydrogens (primary N) is 1. The number of hydrazine groups is 1. The van der Waals surface area contributed by atoms with Crippen LogP contribution in [0.3, 0.4) is 0 Å². The third-order valence-corrected chi connectivity index (χ3v) is 3.38. The summed E-state index contributed by atoms with van der Waals surface area (Å²) in [6.07, 6.45) is 5.86. The fourth-order valence-corrected chi connectivity index (χ4v) is 2.29. The Hall–Kier alpha value is -0.910. The van der Waals surface area contributed by atoms with Crippen LogP contribution in [-0.2, 0) is 18.2 Å². The second-order valence-corrected chi connectivity index (χ2v) is 4.53. The highest BCUT2D eigenvalue weighted by Gasteiger charge is 2.32. The van der Waals surface area contributed by atoms with Gasteiger partial charge in [-0.25, -0.2) is 4.98 Å². The lowest BCUT2D eigenvalue weighted by Crippen LogP contribution is -2.47. The van der Waals surface area contributed by atoms with Crippen molar-refractivity contribution in [1.29, 1.82) is 0 Å². The lowest BCUT2D eigenvalue weighted by atomic mass is 9.96. The van der Waals surface area contributed by atoms with Gasteiger partial charge in [0.2, 0.25) is 0 Å². The molecule has 0 aliphatic carbocycles. The van der Waals surface area contributed by atoms with E-state index in [1.54, 1.807) is 0 Å². The summed E-state index contributed by atoms with van der Waals surface area (Å²) >= 11 is 0. The minimum Gasteiger partial charge on any atom is -0.376 e. The molecule has 0 saturated carbocycles. The summed E-state index contributed by atoms with van der Waals surface area (Å²) in [5.74, 6) is 7.20. The fourth-order valence-electron chi connectivity index (χ4n) is 2.29. The van der Waals surface area contributed by atoms with Gasteiger partial charge < -0.3 is 9.30 Å². The van der Waals surface area contributed by atoms with Crippen molar-refractivity contribution in [2.45, 2.75) is 31.9 Å². The van der Waals surface area contributed by atoms with Crippen LogP contribution in [0.5, 0.6) is 0 Å². The van der Waals surface area contributed by atoms with Crippen LogP contribution in [-0.4, -0.2) is 28.3 Å². The molecule has 3 N–H and O–H groups in total. The van der Waals surface area contributed by atoms with Crippen LogP contribution in [0, 0.1) is 5.92 Å². The van der Waals surface area contributed by atoms with Crippen molar-refractivity contribution < 1.29 is 4.74 Å². The molecule has 0 amide bonds. The smallest absolute Gasteiger partial charge is 0.110 e. The van der Waals surface area contributed by atoms with Gasteiger partial charge in [-0.2, -0.15) is 0 Å². The summed E-state index contributed by atoms with van der Waals surface area (Å²) in [6, 6.07) is 0.138. The Morgan fingerprint density at radius 1 is 1.75 bits per heavy atom. The average molecular weight is 224 g/mol. The number of hydrogen-bond donors (Lipinski definition) is 2. The van der Waals surface area contributed by atoms with E-state index in [0.29, 0.717) is 5.92 Å². The van der Waals surface area contributed by atoms with Gasteiger partial charge in [0.15, 0.2) is 0 Å². The van der Waals surface area contributed by atoms with Crippen molar-refractivity contribution in [3.63, 3.8) is 0 Å². The third-order valence-electron chi connectivity index (χ3n) is 3.38. The van der Waals surface area contributed by atoms with Gasteiger partial charge in [-0.05, 0) is 12.3 Å². The van der Waals surface area contributed by atoms with Crippen molar-refractivity contribution in [2.75, 3.05) is 6.61 Å². The monoisotopic (exact) mass is 224 g/mol. The van der Waals surface area contributed by atoms with Gasteiger partial charge in [-0.15, -0.1) is 0 Å². The highest BCUT2D eigenvalue weighted by atomic mass is 16.5. The van der Waals surface area contributed by atoms with Crippen molar-refractivity contribution >= 4 is 0 Å². The van der Waals surface area contributed by atoms with Crippen molar-refractivity contribution in [3.8, 4) is 0 Å². The van der Waals surface area contributed by atoms with Gasteiger partial charge >= 0.3 is 0 Å². The lowest BCUT2D eigenvalue weighted by molar-refractivity contribution is 0.0602. The molecule has 90 valence electrons. The van der Waals surface area contributed by atoms with Gasteiger partial charge in [0.1, 0.15) is 5.82 Å². The summed E-state index contributed by atoms with van der Waals surface area (Å²) in [6.45, 7) is 3.05. The van der Waals surface area contributed by atoms with E-state index < -0.39 is 0 Å². The first-order valence-corrected chi connectivity index (χ1v) is 5.76. The zero-order valence-corrected chi connectivity index (χ0v) is 9.89. The van der Waals surface area contributed by atoms with Crippen LogP contribution >= 0.6 is 0 Å². The number of imidazole rings is 1. The van der Waals surface area contributed by atoms with Crippen LogP contribution < -0.4 is 11.3 Å². The Morgan fingerprint density at radius 2 is 2.56 bits per heavy atom. The maximum Gasteiger partial charge on any atom is 0.110 e. The van der Waals surface area contributed by atoms with Crippen LogP contribution in [0.4, 0.5) is 0 Å². The first-order chi connectivity index (χ1) is 7.72. The summed E-state index contributed by atoms with van der Waals surface area (Å²) in [5.41, 5.74) is 2.86. The molecule has 1 aliphatic heterocycles. The average Bonchev–Trinajstić information content (AvgIpc) is 2.85. The van der Waals surface area contributed by atoms with Crippen LogP contribution in [0.15, 0.2) is 12.4 Å². The standard InChI is InChI=1S/C11H20N4O/c1-8-3-6-16-11(8)9(14-12)7-10-13-4-5-15(10)2/h4-5,8-9,11,14H,3,6-7,12H2,1-2H3. The van der Waals surface area contributed by atoms with Gasteiger partial charge in [0.05, 0.1) is 12.1 Å².